The summed E-state index contributed by atoms with van der Waals surface area (Å²) in [4.78, 5) is 12.4. The molecule has 0 rings (SSSR count). The Balaban J connectivity index is 4.09. The lowest BCUT2D eigenvalue weighted by Gasteiger charge is -2.22. The molecule has 0 saturated heterocycles. The van der Waals surface area contributed by atoms with Gasteiger partial charge >= 0.3 is 6.18 Å². The van der Waals surface area contributed by atoms with Crippen molar-refractivity contribution in [2.24, 2.45) is 0 Å². The fourth-order valence-electron chi connectivity index (χ4n) is 1.39. The summed E-state index contributed by atoms with van der Waals surface area (Å²) in [5, 5.41) is 0. The molecule has 0 aromatic heterocycles. The molecule has 0 radical (unpaired) electrons. The number of Topliss-reactive ketones (excluding diaryl/α,β-unsaturated/α-hetero) is 1. The van der Waals surface area contributed by atoms with Crippen molar-refractivity contribution in [1.82, 2.24) is 4.90 Å². The van der Waals surface area contributed by atoms with E-state index in [1.165, 1.54) is 0 Å². The summed E-state index contributed by atoms with van der Waals surface area (Å²) in [5.41, 5.74) is 0. The van der Waals surface area contributed by atoms with Gasteiger partial charge in [-0.2, -0.15) is 13.2 Å². The van der Waals surface area contributed by atoms with Crippen molar-refractivity contribution in [2.75, 3.05) is 19.6 Å². The molecule has 90 valence electrons. The molecule has 0 aromatic rings. The maximum atomic E-state index is 12.1. The molecule has 0 fully saturated rings. The van der Waals surface area contributed by atoms with Crippen molar-refractivity contribution in [3.05, 3.63) is 0 Å². The van der Waals surface area contributed by atoms with E-state index < -0.39 is 12.7 Å². The third-order valence-electron chi connectivity index (χ3n) is 1.87. The van der Waals surface area contributed by atoms with Gasteiger partial charge in [-0.25, -0.2) is 0 Å². The summed E-state index contributed by atoms with van der Waals surface area (Å²) >= 11 is 0. The first-order chi connectivity index (χ1) is 6.89. The predicted molar refractivity (Wildman–Crippen MR) is 52.7 cm³/mol. The molecule has 0 aliphatic carbocycles. The molecule has 0 N–H and O–H groups in total. The number of ketones is 1. The minimum Gasteiger partial charge on any atom is -0.298 e. The Kier molecular flexibility index (Phi) is 6.56. The predicted octanol–water partition coefficient (Wildman–Crippen LogP) is 2.63. The number of rotatable bonds is 7. The monoisotopic (exact) mass is 225 g/mol. The van der Waals surface area contributed by atoms with Gasteiger partial charge in [0.15, 0.2) is 0 Å². The highest BCUT2D eigenvalue weighted by Gasteiger charge is 2.30. The third-order valence-corrected chi connectivity index (χ3v) is 1.87. The van der Waals surface area contributed by atoms with Crippen LogP contribution in [-0.2, 0) is 4.79 Å². The Morgan fingerprint density at radius 2 is 1.80 bits per heavy atom. The molecule has 0 bridgehead atoms. The summed E-state index contributed by atoms with van der Waals surface area (Å²) in [6, 6.07) is 0. The topological polar surface area (TPSA) is 20.3 Å². The summed E-state index contributed by atoms with van der Waals surface area (Å²) in [7, 11) is 0. The Morgan fingerprint density at radius 1 is 1.20 bits per heavy atom. The molecule has 0 saturated carbocycles. The third kappa shape index (κ3) is 8.42. The van der Waals surface area contributed by atoms with Crippen molar-refractivity contribution in [3.63, 3.8) is 0 Å². The fraction of sp³-hybridized carbons (Fsp3) is 0.900. The van der Waals surface area contributed by atoms with E-state index in [0.29, 0.717) is 25.8 Å². The van der Waals surface area contributed by atoms with Gasteiger partial charge in [0.05, 0.1) is 13.1 Å². The van der Waals surface area contributed by atoms with Crippen LogP contribution in [0.15, 0.2) is 0 Å². The number of alkyl halides is 3. The quantitative estimate of drug-likeness (QED) is 0.663. The lowest BCUT2D eigenvalue weighted by atomic mass is 10.2. The number of halogens is 3. The van der Waals surface area contributed by atoms with Crippen LogP contribution in [0.1, 0.15) is 33.1 Å². The van der Waals surface area contributed by atoms with Gasteiger partial charge in [0, 0.05) is 6.42 Å². The van der Waals surface area contributed by atoms with E-state index in [-0.39, 0.29) is 12.3 Å². The van der Waals surface area contributed by atoms with Crippen molar-refractivity contribution in [1.29, 1.82) is 0 Å². The first-order valence-electron chi connectivity index (χ1n) is 5.19. The maximum Gasteiger partial charge on any atom is 0.401 e. The number of hydrogen-bond acceptors (Lipinski definition) is 2. The van der Waals surface area contributed by atoms with Crippen LogP contribution in [0.5, 0.6) is 0 Å². The number of carbonyl (C=O) groups is 1. The minimum atomic E-state index is -4.22. The molecule has 0 spiro atoms. The molecule has 0 aliphatic rings. The van der Waals surface area contributed by atoms with Crippen LogP contribution in [-0.4, -0.2) is 36.5 Å². The molecule has 0 amide bonds. The van der Waals surface area contributed by atoms with Crippen molar-refractivity contribution in [3.8, 4) is 0 Å². The molecule has 0 unspecified atom stereocenters. The zero-order valence-electron chi connectivity index (χ0n) is 9.23. The Labute approximate surface area is 88.4 Å². The zero-order valence-corrected chi connectivity index (χ0v) is 9.23. The van der Waals surface area contributed by atoms with Crippen LogP contribution < -0.4 is 0 Å². The molecule has 5 heteroatoms. The van der Waals surface area contributed by atoms with E-state index in [1.54, 1.807) is 6.92 Å². The molecule has 2 nitrogen and oxygen atoms in total. The Bertz CT molecular complexity index is 192. The lowest BCUT2D eigenvalue weighted by molar-refractivity contribution is -0.148. The fourth-order valence-corrected chi connectivity index (χ4v) is 1.39. The highest BCUT2D eigenvalue weighted by Crippen LogP contribution is 2.16. The normalized spacial score (nSPS) is 12.1. The van der Waals surface area contributed by atoms with Crippen LogP contribution in [0.3, 0.4) is 0 Å². The number of carbonyl (C=O) groups excluding carboxylic acids is 1. The van der Waals surface area contributed by atoms with E-state index in [1.807, 2.05) is 6.92 Å². The first kappa shape index (κ1) is 14.4. The van der Waals surface area contributed by atoms with E-state index in [4.69, 9.17) is 0 Å². The number of nitrogens with zero attached hydrogens (tertiary/aromatic N) is 1. The van der Waals surface area contributed by atoms with E-state index >= 15 is 0 Å². The average Bonchev–Trinajstić information content (AvgIpc) is 2.01. The Morgan fingerprint density at radius 3 is 2.20 bits per heavy atom. The standard InChI is InChI=1S/C10H18F3NO/c1-3-5-9(15)7-14(6-4-2)8-10(11,12)13/h3-8H2,1-2H3. The summed E-state index contributed by atoms with van der Waals surface area (Å²) in [5.74, 6) is -0.116. The molecule has 0 aliphatic heterocycles. The van der Waals surface area contributed by atoms with Gasteiger partial charge in [0.2, 0.25) is 0 Å². The molecule has 0 aromatic carbocycles. The molecule has 0 heterocycles. The number of hydrogen-bond donors (Lipinski definition) is 0. The summed E-state index contributed by atoms with van der Waals surface area (Å²) in [6.45, 7) is 2.88. The van der Waals surface area contributed by atoms with Crippen LogP contribution in [0.2, 0.25) is 0 Å². The van der Waals surface area contributed by atoms with Crippen LogP contribution in [0.4, 0.5) is 13.2 Å². The van der Waals surface area contributed by atoms with Gasteiger partial charge < -0.3 is 0 Å². The molecule has 15 heavy (non-hydrogen) atoms. The maximum absolute atomic E-state index is 12.1. The zero-order chi connectivity index (χ0) is 11.9. The van der Waals surface area contributed by atoms with Gasteiger partial charge in [-0.15, -0.1) is 0 Å². The average molecular weight is 225 g/mol. The first-order valence-corrected chi connectivity index (χ1v) is 5.19. The van der Waals surface area contributed by atoms with Crippen LogP contribution >= 0.6 is 0 Å². The van der Waals surface area contributed by atoms with E-state index in [9.17, 15) is 18.0 Å². The largest absolute Gasteiger partial charge is 0.401 e. The molecule has 0 atom stereocenters. The minimum absolute atomic E-state index is 0.0822. The smallest absolute Gasteiger partial charge is 0.298 e. The van der Waals surface area contributed by atoms with Gasteiger partial charge in [-0.3, -0.25) is 9.69 Å². The van der Waals surface area contributed by atoms with Gasteiger partial charge in [0.1, 0.15) is 5.78 Å². The van der Waals surface area contributed by atoms with Crippen molar-refractivity contribution >= 4 is 5.78 Å². The van der Waals surface area contributed by atoms with Crippen molar-refractivity contribution in [2.45, 2.75) is 39.3 Å². The second kappa shape index (κ2) is 6.82. The SMILES string of the molecule is CCCC(=O)CN(CCC)CC(F)(F)F. The van der Waals surface area contributed by atoms with E-state index in [0.717, 1.165) is 4.90 Å². The van der Waals surface area contributed by atoms with Gasteiger partial charge in [0.25, 0.3) is 0 Å². The summed E-state index contributed by atoms with van der Waals surface area (Å²) < 4.78 is 36.3. The lowest BCUT2D eigenvalue weighted by Crippen LogP contribution is -2.38. The van der Waals surface area contributed by atoms with Crippen LogP contribution in [0, 0.1) is 0 Å². The highest BCUT2D eigenvalue weighted by molar-refractivity contribution is 5.80. The Hall–Kier alpha value is -0.580. The van der Waals surface area contributed by atoms with Gasteiger partial charge in [-0.05, 0) is 19.4 Å². The van der Waals surface area contributed by atoms with Crippen LogP contribution in [0.25, 0.3) is 0 Å². The highest BCUT2D eigenvalue weighted by atomic mass is 19.4. The summed E-state index contributed by atoms with van der Waals surface area (Å²) in [6.07, 6.45) is -2.56. The second-order valence-electron chi connectivity index (χ2n) is 3.61. The van der Waals surface area contributed by atoms with E-state index in [2.05, 4.69) is 0 Å². The van der Waals surface area contributed by atoms with Gasteiger partial charge in [-0.1, -0.05) is 13.8 Å². The van der Waals surface area contributed by atoms with Crippen molar-refractivity contribution < 1.29 is 18.0 Å². The second-order valence-corrected chi connectivity index (χ2v) is 3.61. The molecular weight excluding hydrogens is 207 g/mol. The molecular formula is C10H18F3NO.